The summed E-state index contributed by atoms with van der Waals surface area (Å²) in [5.41, 5.74) is 2.98. The molecule has 2 aromatic rings. The van der Waals surface area contributed by atoms with Crippen LogP contribution in [0.3, 0.4) is 0 Å². The molecule has 0 saturated carbocycles. The van der Waals surface area contributed by atoms with E-state index in [4.69, 9.17) is 14.2 Å². The number of fused-ring (bicyclic) bond motifs is 1. The molecule has 2 heterocycles. The first-order valence-corrected chi connectivity index (χ1v) is 8.48. The lowest BCUT2D eigenvalue weighted by Crippen LogP contribution is -2.28. The zero-order chi connectivity index (χ0) is 18.7. The molecule has 26 heavy (non-hydrogen) atoms. The summed E-state index contributed by atoms with van der Waals surface area (Å²) in [6, 6.07) is 7.32. The van der Waals surface area contributed by atoms with Crippen LogP contribution >= 0.6 is 0 Å². The fourth-order valence-corrected chi connectivity index (χ4v) is 2.91. The third-order valence-electron chi connectivity index (χ3n) is 4.30. The van der Waals surface area contributed by atoms with Gasteiger partial charge in [-0.3, -0.25) is 4.79 Å². The van der Waals surface area contributed by atoms with Crippen molar-refractivity contribution in [3.05, 3.63) is 46.8 Å². The number of nitrogens with one attached hydrogen (secondary N) is 1. The van der Waals surface area contributed by atoms with Gasteiger partial charge in [-0.2, -0.15) is 0 Å². The molecule has 7 nitrogen and oxygen atoms in total. The lowest BCUT2D eigenvalue weighted by molar-refractivity contribution is -0.121. The molecule has 1 aromatic heterocycles. The minimum absolute atomic E-state index is 0.139. The Morgan fingerprint density at radius 1 is 1.19 bits per heavy atom. The Bertz CT molecular complexity index is 841. The number of carbonyl (C=O) groups is 2. The average Bonchev–Trinajstić information content (AvgIpc) is 3.19. The van der Waals surface area contributed by atoms with Crippen molar-refractivity contribution in [2.24, 2.45) is 0 Å². The predicted octanol–water partition coefficient (Wildman–Crippen LogP) is 2.33. The van der Waals surface area contributed by atoms with Crippen LogP contribution in [0.25, 0.3) is 0 Å². The molecule has 1 N–H and O–H groups in total. The van der Waals surface area contributed by atoms with Gasteiger partial charge in [-0.25, -0.2) is 4.79 Å². The SMILES string of the molecule is CCOC(=O)c1cc(C)n(CC(=O)NCc2ccc3c(c2)OCO3)c1C. The smallest absolute Gasteiger partial charge is 0.339 e. The minimum Gasteiger partial charge on any atom is -0.462 e. The molecule has 3 rings (SSSR count). The van der Waals surface area contributed by atoms with Crippen LogP contribution in [0.1, 0.15) is 34.2 Å². The van der Waals surface area contributed by atoms with Gasteiger partial charge in [0.2, 0.25) is 12.7 Å². The van der Waals surface area contributed by atoms with Crippen molar-refractivity contribution in [2.45, 2.75) is 33.9 Å². The van der Waals surface area contributed by atoms with Gasteiger partial charge in [-0.15, -0.1) is 0 Å². The molecule has 0 radical (unpaired) electrons. The Labute approximate surface area is 151 Å². The highest BCUT2D eigenvalue weighted by Crippen LogP contribution is 2.32. The predicted molar refractivity (Wildman–Crippen MR) is 94.3 cm³/mol. The zero-order valence-corrected chi connectivity index (χ0v) is 15.1. The van der Waals surface area contributed by atoms with Crippen LogP contribution in [0.4, 0.5) is 0 Å². The minimum atomic E-state index is -0.368. The second-order valence-electron chi connectivity index (χ2n) is 6.06. The van der Waals surface area contributed by atoms with Crippen molar-refractivity contribution >= 4 is 11.9 Å². The summed E-state index contributed by atoms with van der Waals surface area (Å²) in [4.78, 5) is 24.3. The van der Waals surface area contributed by atoms with E-state index < -0.39 is 0 Å². The summed E-state index contributed by atoms with van der Waals surface area (Å²) in [6.07, 6.45) is 0. The monoisotopic (exact) mass is 358 g/mol. The molecule has 0 bridgehead atoms. The second-order valence-corrected chi connectivity index (χ2v) is 6.06. The van der Waals surface area contributed by atoms with Crippen LogP contribution in [0.5, 0.6) is 11.5 Å². The number of rotatable bonds is 6. The van der Waals surface area contributed by atoms with E-state index in [0.717, 1.165) is 17.0 Å². The number of benzene rings is 1. The molecule has 0 atom stereocenters. The third-order valence-corrected chi connectivity index (χ3v) is 4.30. The van der Waals surface area contributed by atoms with Gasteiger partial charge in [0, 0.05) is 17.9 Å². The first-order chi connectivity index (χ1) is 12.5. The number of amides is 1. The maximum absolute atomic E-state index is 12.3. The number of esters is 1. The van der Waals surface area contributed by atoms with E-state index in [1.165, 1.54) is 0 Å². The number of aromatic nitrogens is 1. The maximum Gasteiger partial charge on any atom is 0.339 e. The van der Waals surface area contributed by atoms with E-state index in [2.05, 4.69) is 5.32 Å². The van der Waals surface area contributed by atoms with Crippen LogP contribution in [0.2, 0.25) is 0 Å². The molecular formula is C19H22N2O5. The number of nitrogens with zero attached hydrogens (tertiary/aromatic N) is 1. The number of hydrogen-bond donors (Lipinski definition) is 1. The van der Waals surface area contributed by atoms with Gasteiger partial charge in [0.05, 0.1) is 12.2 Å². The first kappa shape index (κ1) is 17.8. The number of aryl methyl sites for hydroxylation is 1. The fourth-order valence-electron chi connectivity index (χ4n) is 2.91. The van der Waals surface area contributed by atoms with Gasteiger partial charge < -0.3 is 24.1 Å². The number of hydrogen-bond acceptors (Lipinski definition) is 5. The largest absolute Gasteiger partial charge is 0.462 e. The Morgan fingerprint density at radius 3 is 2.73 bits per heavy atom. The zero-order valence-electron chi connectivity index (χ0n) is 15.1. The van der Waals surface area contributed by atoms with Crippen molar-refractivity contribution in [1.29, 1.82) is 0 Å². The van der Waals surface area contributed by atoms with Crippen molar-refractivity contribution in [2.75, 3.05) is 13.4 Å². The van der Waals surface area contributed by atoms with Crippen LogP contribution in [-0.4, -0.2) is 29.8 Å². The molecule has 1 aliphatic heterocycles. The van der Waals surface area contributed by atoms with Gasteiger partial charge in [0.25, 0.3) is 0 Å². The molecular weight excluding hydrogens is 336 g/mol. The Hall–Kier alpha value is -2.96. The van der Waals surface area contributed by atoms with Gasteiger partial charge in [-0.05, 0) is 44.5 Å². The molecule has 0 spiro atoms. The second kappa shape index (κ2) is 7.51. The van der Waals surface area contributed by atoms with Crippen molar-refractivity contribution in [3.8, 4) is 11.5 Å². The Balaban J connectivity index is 1.62. The standard InChI is InChI=1S/C19H22N2O5/c1-4-24-19(23)15-7-12(2)21(13(15)3)10-18(22)20-9-14-5-6-16-17(8-14)26-11-25-16/h5-8H,4,9-11H2,1-3H3,(H,20,22). The van der Waals surface area contributed by atoms with Gasteiger partial charge in [0.1, 0.15) is 6.54 Å². The Morgan fingerprint density at radius 2 is 1.96 bits per heavy atom. The number of carbonyl (C=O) groups excluding carboxylic acids is 2. The van der Waals surface area contributed by atoms with Crippen LogP contribution in [0, 0.1) is 13.8 Å². The first-order valence-electron chi connectivity index (χ1n) is 8.48. The van der Waals surface area contributed by atoms with Crippen molar-refractivity contribution < 1.29 is 23.8 Å². The van der Waals surface area contributed by atoms with E-state index in [1.54, 1.807) is 17.6 Å². The molecule has 1 aromatic carbocycles. The third kappa shape index (κ3) is 3.66. The summed E-state index contributed by atoms with van der Waals surface area (Å²) in [7, 11) is 0. The van der Waals surface area contributed by atoms with Crippen molar-refractivity contribution in [1.82, 2.24) is 9.88 Å². The van der Waals surface area contributed by atoms with Crippen LogP contribution < -0.4 is 14.8 Å². The molecule has 7 heteroatoms. The molecule has 0 saturated heterocycles. The van der Waals surface area contributed by atoms with Crippen molar-refractivity contribution in [3.63, 3.8) is 0 Å². The summed E-state index contributed by atoms with van der Waals surface area (Å²) in [6.45, 7) is 6.51. The normalized spacial score (nSPS) is 12.1. The van der Waals surface area contributed by atoms with E-state index in [1.807, 2.05) is 32.0 Å². The fraction of sp³-hybridized carbons (Fsp3) is 0.368. The number of ether oxygens (including phenoxy) is 3. The van der Waals surface area contributed by atoms with Crippen LogP contribution in [-0.2, 0) is 22.6 Å². The maximum atomic E-state index is 12.3. The van der Waals surface area contributed by atoms with Gasteiger partial charge >= 0.3 is 5.97 Å². The van der Waals surface area contributed by atoms with E-state index >= 15 is 0 Å². The van der Waals surface area contributed by atoms with Crippen LogP contribution in [0.15, 0.2) is 24.3 Å². The highest BCUT2D eigenvalue weighted by Gasteiger charge is 2.18. The molecule has 0 fully saturated rings. The summed E-state index contributed by atoms with van der Waals surface area (Å²) in [5, 5.41) is 2.88. The van der Waals surface area contributed by atoms with E-state index in [0.29, 0.717) is 30.2 Å². The Kier molecular flexibility index (Phi) is 5.16. The molecule has 0 aliphatic carbocycles. The lowest BCUT2D eigenvalue weighted by Gasteiger charge is -2.11. The van der Waals surface area contributed by atoms with Gasteiger partial charge in [0.15, 0.2) is 11.5 Å². The molecule has 138 valence electrons. The molecule has 1 amide bonds. The molecule has 1 aliphatic rings. The van der Waals surface area contributed by atoms with E-state index in [-0.39, 0.29) is 25.2 Å². The highest BCUT2D eigenvalue weighted by atomic mass is 16.7. The summed E-state index contributed by atoms with van der Waals surface area (Å²) in [5.74, 6) is 0.894. The summed E-state index contributed by atoms with van der Waals surface area (Å²) >= 11 is 0. The topological polar surface area (TPSA) is 78.8 Å². The van der Waals surface area contributed by atoms with E-state index in [9.17, 15) is 9.59 Å². The quantitative estimate of drug-likeness (QED) is 0.802. The average molecular weight is 358 g/mol. The summed E-state index contributed by atoms with van der Waals surface area (Å²) < 4.78 is 17.5. The highest BCUT2D eigenvalue weighted by molar-refractivity contribution is 5.91. The molecule has 0 unspecified atom stereocenters. The lowest BCUT2D eigenvalue weighted by atomic mass is 10.2. The van der Waals surface area contributed by atoms with Gasteiger partial charge in [-0.1, -0.05) is 6.07 Å².